The Morgan fingerprint density at radius 1 is 1.06 bits per heavy atom. The fourth-order valence-electron chi connectivity index (χ4n) is 3.79. The molecule has 202 valence electrons. The SMILES string of the molecule is CC(C)(C)OC(=O)N[C@H](C(=O)N1C[C@H](O)C[C@H]1C(=O)N[C@H](c1ccc(Br)cc1)C(F)(F)F)C(C)(C)C. The number of benzene rings is 1. The maximum atomic E-state index is 13.8. The highest BCUT2D eigenvalue weighted by Gasteiger charge is 2.48. The summed E-state index contributed by atoms with van der Waals surface area (Å²) in [5.74, 6) is -1.77. The minimum absolute atomic E-state index is 0.186. The van der Waals surface area contributed by atoms with Crippen LogP contribution in [0.1, 0.15) is 59.6 Å². The van der Waals surface area contributed by atoms with Gasteiger partial charge in [0.2, 0.25) is 11.8 Å². The quantitative estimate of drug-likeness (QED) is 0.487. The molecule has 1 aromatic carbocycles. The zero-order chi connectivity index (χ0) is 27.6. The summed E-state index contributed by atoms with van der Waals surface area (Å²) in [6, 6.07) is 0.462. The van der Waals surface area contributed by atoms with E-state index in [1.54, 1.807) is 41.5 Å². The number of rotatable bonds is 5. The molecule has 3 N–H and O–H groups in total. The number of carbonyl (C=O) groups excluding carboxylic acids is 3. The summed E-state index contributed by atoms with van der Waals surface area (Å²) in [7, 11) is 0. The number of hydrogen-bond acceptors (Lipinski definition) is 5. The Morgan fingerprint density at radius 2 is 1.61 bits per heavy atom. The number of carbonyl (C=O) groups is 3. The summed E-state index contributed by atoms with van der Waals surface area (Å²) in [6.45, 7) is 9.74. The van der Waals surface area contributed by atoms with Gasteiger partial charge in [0.05, 0.1) is 6.10 Å². The van der Waals surface area contributed by atoms with Crippen LogP contribution in [0.3, 0.4) is 0 Å². The Bertz CT molecular complexity index is 958. The van der Waals surface area contributed by atoms with E-state index >= 15 is 0 Å². The van der Waals surface area contributed by atoms with E-state index in [1.807, 2.05) is 5.32 Å². The first-order valence-corrected chi connectivity index (χ1v) is 12.2. The van der Waals surface area contributed by atoms with Crippen molar-refractivity contribution in [3.8, 4) is 0 Å². The van der Waals surface area contributed by atoms with Gasteiger partial charge in [0.1, 0.15) is 17.7 Å². The molecule has 0 bridgehead atoms. The number of alkyl halides is 3. The summed E-state index contributed by atoms with van der Waals surface area (Å²) < 4.78 is 47.3. The van der Waals surface area contributed by atoms with E-state index in [-0.39, 0.29) is 18.5 Å². The number of amides is 3. The minimum Gasteiger partial charge on any atom is -0.444 e. The highest BCUT2D eigenvalue weighted by atomic mass is 79.9. The predicted octanol–water partition coefficient (Wildman–Crippen LogP) is 4.07. The van der Waals surface area contributed by atoms with Gasteiger partial charge in [-0.25, -0.2) is 4.79 Å². The molecule has 0 saturated carbocycles. The van der Waals surface area contributed by atoms with Gasteiger partial charge in [-0.1, -0.05) is 48.8 Å². The molecule has 1 aromatic rings. The number of aliphatic hydroxyl groups is 1. The maximum absolute atomic E-state index is 13.8. The first-order valence-electron chi connectivity index (χ1n) is 11.4. The number of halogens is 4. The van der Waals surface area contributed by atoms with Crippen LogP contribution in [-0.2, 0) is 14.3 Å². The van der Waals surface area contributed by atoms with Crippen molar-refractivity contribution in [2.24, 2.45) is 5.41 Å². The summed E-state index contributed by atoms with van der Waals surface area (Å²) in [5, 5.41) is 14.7. The number of nitrogens with one attached hydrogen (secondary N) is 2. The van der Waals surface area contributed by atoms with Crippen molar-refractivity contribution < 1.29 is 37.4 Å². The predicted molar refractivity (Wildman–Crippen MR) is 130 cm³/mol. The van der Waals surface area contributed by atoms with Crippen LogP contribution >= 0.6 is 15.9 Å². The highest BCUT2D eigenvalue weighted by Crippen LogP contribution is 2.34. The zero-order valence-electron chi connectivity index (χ0n) is 21.1. The average Bonchev–Trinajstić information content (AvgIpc) is 3.09. The van der Waals surface area contributed by atoms with Gasteiger partial charge in [-0.15, -0.1) is 0 Å². The molecule has 3 amide bonds. The van der Waals surface area contributed by atoms with Crippen LogP contribution in [0.4, 0.5) is 18.0 Å². The molecule has 0 aliphatic carbocycles. The number of alkyl carbamates (subject to hydrolysis) is 1. The van der Waals surface area contributed by atoms with Crippen molar-refractivity contribution in [2.75, 3.05) is 6.54 Å². The van der Waals surface area contributed by atoms with E-state index in [0.29, 0.717) is 4.47 Å². The number of aliphatic hydroxyl groups excluding tert-OH is 1. The molecule has 1 saturated heterocycles. The fraction of sp³-hybridized carbons (Fsp3) is 0.625. The number of β-amino-alcohol motifs (C(OH)–C–C–N with tert-alkyl or cyclic N) is 1. The van der Waals surface area contributed by atoms with Crippen LogP contribution in [-0.4, -0.2) is 64.4 Å². The summed E-state index contributed by atoms with van der Waals surface area (Å²) in [4.78, 5) is 39.9. The molecule has 2 rings (SSSR count). The summed E-state index contributed by atoms with van der Waals surface area (Å²) in [6.07, 6.45) is -7.03. The number of nitrogens with zero attached hydrogens (tertiary/aromatic N) is 1. The smallest absolute Gasteiger partial charge is 0.412 e. The van der Waals surface area contributed by atoms with Gasteiger partial charge < -0.3 is 25.4 Å². The summed E-state index contributed by atoms with van der Waals surface area (Å²) >= 11 is 3.16. The van der Waals surface area contributed by atoms with Crippen LogP contribution in [0, 0.1) is 5.41 Å². The Hall–Kier alpha value is -2.34. The van der Waals surface area contributed by atoms with Crippen LogP contribution in [0.15, 0.2) is 28.7 Å². The molecular weight excluding hydrogens is 547 g/mol. The largest absolute Gasteiger partial charge is 0.444 e. The van der Waals surface area contributed by atoms with Gasteiger partial charge in [0.25, 0.3) is 0 Å². The standard InChI is InChI=1S/C24H33BrF3N3O5/c1-22(2,3)18(30-21(35)36-23(4,5)6)20(34)31-12-15(32)11-16(31)19(33)29-17(24(26,27)28)13-7-9-14(25)10-8-13/h7-10,15-18,32H,11-12H2,1-6H3,(H,29,33)(H,30,35)/t15-,16+,17-,18-/m1/s1. The molecule has 1 fully saturated rings. The molecule has 36 heavy (non-hydrogen) atoms. The van der Waals surface area contributed by atoms with Crippen LogP contribution in [0.2, 0.25) is 0 Å². The van der Waals surface area contributed by atoms with Crippen LogP contribution in [0.25, 0.3) is 0 Å². The van der Waals surface area contributed by atoms with E-state index in [0.717, 1.165) is 4.90 Å². The second-order valence-corrected chi connectivity index (χ2v) is 11.8. The lowest BCUT2D eigenvalue weighted by Gasteiger charge is -2.36. The molecular formula is C24H33BrF3N3O5. The van der Waals surface area contributed by atoms with Gasteiger partial charge in [0, 0.05) is 17.4 Å². The third kappa shape index (κ3) is 8.09. The first-order chi connectivity index (χ1) is 16.3. The number of ether oxygens (including phenoxy) is 1. The third-order valence-electron chi connectivity index (χ3n) is 5.46. The molecule has 8 nitrogen and oxygen atoms in total. The van der Waals surface area contributed by atoms with Crippen molar-refractivity contribution >= 4 is 33.8 Å². The monoisotopic (exact) mass is 579 g/mol. The van der Waals surface area contributed by atoms with Crippen LogP contribution in [0.5, 0.6) is 0 Å². The molecule has 1 heterocycles. The van der Waals surface area contributed by atoms with Gasteiger partial charge in [0.15, 0.2) is 6.04 Å². The number of likely N-dealkylation sites (tertiary alicyclic amines) is 1. The third-order valence-corrected chi connectivity index (χ3v) is 5.98. The van der Waals surface area contributed by atoms with E-state index in [9.17, 15) is 32.7 Å². The Morgan fingerprint density at radius 3 is 2.08 bits per heavy atom. The first kappa shape index (κ1) is 29.9. The zero-order valence-corrected chi connectivity index (χ0v) is 22.7. The highest BCUT2D eigenvalue weighted by molar-refractivity contribution is 9.10. The lowest BCUT2D eigenvalue weighted by atomic mass is 9.85. The summed E-state index contributed by atoms with van der Waals surface area (Å²) in [5.41, 5.74) is -1.86. The average molecular weight is 580 g/mol. The molecule has 0 aromatic heterocycles. The van der Waals surface area contributed by atoms with Crippen molar-refractivity contribution in [1.29, 1.82) is 0 Å². The molecule has 0 unspecified atom stereocenters. The Labute approximate surface area is 217 Å². The normalized spacial score (nSPS) is 20.5. The van der Waals surface area contributed by atoms with E-state index in [1.165, 1.54) is 24.3 Å². The molecule has 4 atom stereocenters. The van der Waals surface area contributed by atoms with Crippen molar-refractivity contribution in [3.05, 3.63) is 34.3 Å². The Balaban J connectivity index is 2.30. The van der Waals surface area contributed by atoms with Gasteiger partial charge >= 0.3 is 12.3 Å². The van der Waals surface area contributed by atoms with Gasteiger partial charge in [-0.2, -0.15) is 13.2 Å². The van der Waals surface area contributed by atoms with Crippen molar-refractivity contribution in [1.82, 2.24) is 15.5 Å². The number of hydrogen-bond donors (Lipinski definition) is 3. The van der Waals surface area contributed by atoms with Crippen LogP contribution < -0.4 is 10.6 Å². The molecule has 0 radical (unpaired) electrons. The van der Waals surface area contributed by atoms with E-state index in [2.05, 4.69) is 21.2 Å². The van der Waals surface area contributed by atoms with E-state index in [4.69, 9.17) is 4.74 Å². The van der Waals surface area contributed by atoms with Crippen molar-refractivity contribution in [3.63, 3.8) is 0 Å². The second kappa shape index (κ2) is 11.0. The topological polar surface area (TPSA) is 108 Å². The van der Waals surface area contributed by atoms with Gasteiger partial charge in [-0.05, 0) is 43.9 Å². The lowest BCUT2D eigenvalue weighted by Crippen LogP contribution is -2.58. The second-order valence-electron chi connectivity index (χ2n) is 10.9. The molecule has 0 spiro atoms. The van der Waals surface area contributed by atoms with Crippen molar-refractivity contribution in [2.45, 2.75) is 84.0 Å². The fourth-order valence-corrected chi connectivity index (χ4v) is 4.06. The minimum atomic E-state index is -4.80. The lowest BCUT2D eigenvalue weighted by molar-refractivity contribution is -0.165. The van der Waals surface area contributed by atoms with Gasteiger partial charge in [-0.3, -0.25) is 9.59 Å². The van der Waals surface area contributed by atoms with E-state index < -0.39 is 59.3 Å². The Kier molecular flexibility index (Phi) is 9.10. The molecule has 1 aliphatic heterocycles. The molecule has 12 heteroatoms. The molecule has 1 aliphatic rings. The maximum Gasteiger partial charge on any atom is 0.412 e.